The number of rotatable bonds is 9. The van der Waals surface area contributed by atoms with E-state index in [2.05, 4.69) is 70.6 Å². The number of likely N-dealkylation sites (tertiary alicyclic amines) is 1. The van der Waals surface area contributed by atoms with Crippen LogP contribution in [0.15, 0.2) is 42.7 Å². The van der Waals surface area contributed by atoms with Gasteiger partial charge in [0.05, 0.1) is 6.42 Å². The molecular formula is C22H31N3O2. The molecular weight excluding hydrogens is 338 g/mol. The third-order valence-electron chi connectivity index (χ3n) is 5.57. The van der Waals surface area contributed by atoms with Crippen molar-refractivity contribution >= 4 is 11.5 Å². The average Bonchev–Trinajstić information content (AvgIpc) is 3.39. The van der Waals surface area contributed by atoms with Gasteiger partial charge in [-0.15, -0.1) is 0 Å². The van der Waals surface area contributed by atoms with Gasteiger partial charge in [-0.05, 0) is 63.9 Å². The summed E-state index contributed by atoms with van der Waals surface area (Å²) < 4.78 is 4.56. The number of hydrogen-bond acceptors (Lipinski definition) is 2. The first kappa shape index (κ1) is 19.5. The number of carbonyl (C=O) groups is 1. The second-order valence-electron chi connectivity index (χ2n) is 7.20. The van der Waals surface area contributed by atoms with Gasteiger partial charge in [0.15, 0.2) is 0 Å². The van der Waals surface area contributed by atoms with Gasteiger partial charge in [-0.25, -0.2) is 0 Å². The molecule has 2 aromatic rings. The monoisotopic (exact) mass is 369 g/mol. The maximum absolute atomic E-state index is 11.1. The molecule has 3 heterocycles. The van der Waals surface area contributed by atoms with E-state index in [0.717, 1.165) is 45.4 Å². The lowest BCUT2D eigenvalue weighted by Crippen LogP contribution is -2.32. The second-order valence-corrected chi connectivity index (χ2v) is 7.20. The molecule has 0 unspecified atom stereocenters. The maximum Gasteiger partial charge on any atom is 0.304 e. The molecule has 146 valence electrons. The summed E-state index contributed by atoms with van der Waals surface area (Å²) in [6.45, 7) is 8.15. The van der Waals surface area contributed by atoms with Crippen molar-refractivity contribution in [1.29, 1.82) is 0 Å². The van der Waals surface area contributed by atoms with Gasteiger partial charge in [-0.3, -0.25) is 9.69 Å². The molecule has 1 aliphatic rings. The van der Waals surface area contributed by atoms with E-state index in [-0.39, 0.29) is 12.5 Å². The molecule has 2 aromatic heterocycles. The van der Waals surface area contributed by atoms with Gasteiger partial charge in [-0.2, -0.15) is 0 Å². The van der Waals surface area contributed by atoms with Crippen molar-refractivity contribution in [2.24, 2.45) is 0 Å². The molecule has 0 aliphatic carbocycles. The van der Waals surface area contributed by atoms with E-state index in [4.69, 9.17) is 5.11 Å². The molecule has 0 saturated carbocycles. The van der Waals surface area contributed by atoms with Gasteiger partial charge >= 0.3 is 5.97 Å². The molecule has 0 amide bonds. The predicted octanol–water partition coefficient (Wildman–Crippen LogP) is 4.09. The summed E-state index contributed by atoms with van der Waals surface area (Å²) in [4.78, 5) is 13.4. The van der Waals surface area contributed by atoms with Crippen molar-refractivity contribution in [3.05, 3.63) is 54.1 Å². The molecule has 0 aromatic carbocycles. The largest absolute Gasteiger partial charge is 0.481 e. The Kier molecular flexibility index (Phi) is 6.56. The summed E-state index contributed by atoms with van der Waals surface area (Å²) in [5.74, 6) is -0.690. The van der Waals surface area contributed by atoms with Crippen LogP contribution in [0.4, 0.5) is 0 Å². The zero-order valence-corrected chi connectivity index (χ0v) is 16.5. The molecule has 1 fully saturated rings. The van der Waals surface area contributed by atoms with Crippen molar-refractivity contribution < 1.29 is 9.90 Å². The molecule has 27 heavy (non-hydrogen) atoms. The summed E-state index contributed by atoms with van der Waals surface area (Å²) >= 11 is 0. The maximum atomic E-state index is 11.1. The van der Waals surface area contributed by atoms with Gasteiger partial charge < -0.3 is 14.2 Å². The standard InChI is InChI=1S/C22H31N3O2/c1-3-23-13-7-11-20(23)19(21-12-8-14-24(21)4-2)10-6-16-25-15-5-9-18(25)17-22(26)27/h7-8,10-14,18H,3-6,9,15-17H2,1-2H3,(H,26,27)/t18-/m0/s1. The Labute approximate surface area is 161 Å². The highest BCUT2D eigenvalue weighted by Gasteiger charge is 2.25. The van der Waals surface area contributed by atoms with Gasteiger partial charge in [0.25, 0.3) is 0 Å². The molecule has 1 atom stereocenters. The summed E-state index contributed by atoms with van der Waals surface area (Å²) in [6, 6.07) is 8.78. The minimum Gasteiger partial charge on any atom is -0.481 e. The number of aryl methyl sites for hydroxylation is 2. The van der Waals surface area contributed by atoms with Gasteiger partial charge in [0, 0.05) is 55.0 Å². The fraction of sp³-hybridized carbons (Fsp3) is 0.500. The third-order valence-corrected chi connectivity index (χ3v) is 5.57. The number of nitrogens with zero attached hydrogens (tertiary/aromatic N) is 3. The van der Waals surface area contributed by atoms with E-state index in [1.165, 1.54) is 17.0 Å². The predicted molar refractivity (Wildman–Crippen MR) is 109 cm³/mol. The Balaban J connectivity index is 1.80. The molecule has 5 nitrogen and oxygen atoms in total. The van der Waals surface area contributed by atoms with Crippen LogP contribution in [0.5, 0.6) is 0 Å². The fourth-order valence-corrected chi connectivity index (χ4v) is 4.21. The van der Waals surface area contributed by atoms with E-state index in [9.17, 15) is 4.79 Å². The Morgan fingerprint density at radius 1 is 1.15 bits per heavy atom. The van der Waals surface area contributed by atoms with E-state index in [0.29, 0.717) is 0 Å². The second kappa shape index (κ2) is 9.09. The fourth-order valence-electron chi connectivity index (χ4n) is 4.21. The van der Waals surface area contributed by atoms with Crippen molar-refractivity contribution in [2.45, 2.75) is 58.7 Å². The van der Waals surface area contributed by atoms with Crippen molar-refractivity contribution in [2.75, 3.05) is 13.1 Å². The summed E-state index contributed by atoms with van der Waals surface area (Å²) in [7, 11) is 0. The molecule has 1 N–H and O–H groups in total. The summed E-state index contributed by atoms with van der Waals surface area (Å²) in [5, 5.41) is 9.13. The van der Waals surface area contributed by atoms with Crippen LogP contribution in [0.2, 0.25) is 0 Å². The highest BCUT2D eigenvalue weighted by molar-refractivity contribution is 5.77. The van der Waals surface area contributed by atoms with Crippen LogP contribution in [-0.2, 0) is 17.9 Å². The van der Waals surface area contributed by atoms with Crippen molar-refractivity contribution in [3.8, 4) is 0 Å². The van der Waals surface area contributed by atoms with Crippen LogP contribution < -0.4 is 0 Å². The Bertz CT molecular complexity index is 743. The number of carboxylic acids is 1. The lowest BCUT2D eigenvalue weighted by molar-refractivity contribution is -0.138. The van der Waals surface area contributed by atoms with Crippen LogP contribution >= 0.6 is 0 Å². The molecule has 3 rings (SSSR count). The van der Waals surface area contributed by atoms with Gasteiger partial charge in [-0.1, -0.05) is 6.08 Å². The van der Waals surface area contributed by atoms with Crippen LogP contribution in [0.3, 0.4) is 0 Å². The lowest BCUT2D eigenvalue weighted by Gasteiger charge is -2.22. The third kappa shape index (κ3) is 4.53. The molecule has 0 bridgehead atoms. The van der Waals surface area contributed by atoms with E-state index >= 15 is 0 Å². The quantitative estimate of drug-likeness (QED) is 0.724. The van der Waals surface area contributed by atoms with Crippen molar-refractivity contribution in [3.63, 3.8) is 0 Å². The van der Waals surface area contributed by atoms with E-state index in [1.807, 2.05) is 0 Å². The number of carboxylic acid groups (broad SMARTS) is 1. The number of aliphatic carboxylic acids is 1. The van der Waals surface area contributed by atoms with Gasteiger partial charge in [0.1, 0.15) is 0 Å². The van der Waals surface area contributed by atoms with Gasteiger partial charge in [0.2, 0.25) is 0 Å². The van der Waals surface area contributed by atoms with Crippen LogP contribution in [0, 0.1) is 0 Å². The van der Waals surface area contributed by atoms with Crippen LogP contribution in [0.1, 0.15) is 50.9 Å². The molecule has 1 aliphatic heterocycles. The first-order valence-corrected chi connectivity index (χ1v) is 10.1. The number of aromatic nitrogens is 2. The first-order valence-electron chi connectivity index (χ1n) is 10.1. The normalized spacial score (nSPS) is 17.3. The molecule has 0 radical (unpaired) electrons. The zero-order chi connectivity index (χ0) is 19.2. The Morgan fingerprint density at radius 2 is 1.78 bits per heavy atom. The Morgan fingerprint density at radius 3 is 2.33 bits per heavy atom. The van der Waals surface area contributed by atoms with Crippen LogP contribution in [0.25, 0.3) is 5.57 Å². The lowest BCUT2D eigenvalue weighted by atomic mass is 10.1. The average molecular weight is 370 g/mol. The topological polar surface area (TPSA) is 50.4 Å². The first-order chi connectivity index (χ1) is 13.1. The minimum atomic E-state index is -0.690. The molecule has 1 saturated heterocycles. The van der Waals surface area contributed by atoms with Crippen molar-refractivity contribution in [1.82, 2.24) is 14.0 Å². The minimum absolute atomic E-state index is 0.193. The smallest absolute Gasteiger partial charge is 0.304 e. The highest BCUT2D eigenvalue weighted by Crippen LogP contribution is 2.26. The zero-order valence-electron chi connectivity index (χ0n) is 16.5. The SMILES string of the molecule is CCn1cccc1C(=CCCN1CCC[C@H]1CC(=O)O)c1cccn1CC. The van der Waals surface area contributed by atoms with E-state index in [1.54, 1.807) is 0 Å². The molecule has 5 heteroatoms. The highest BCUT2D eigenvalue weighted by atomic mass is 16.4. The van der Waals surface area contributed by atoms with Crippen LogP contribution in [-0.4, -0.2) is 44.2 Å². The summed E-state index contributed by atoms with van der Waals surface area (Å²) in [6.07, 6.45) is 9.88. The summed E-state index contributed by atoms with van der Waals surface area (Å²) in [5.41, 5.74) is 3.76. The number of hydrogen-bond donors (Lipinski definition) is 1. The van der Waals surface area contributed by atoms with E-state index < -0.39 is 5.97 Å². The Hall–Kier alpha value is -2.27. The molecule has 0 spiro atoms.